The van der Waals surface area contributed by atoms with Gasteiger partial charge in [0.15, 0.2) is 0 Å². The zero-order valence-corrected chi connectivity index (χ0v) is 17.6. The van der Waals surface area contributed by atoms with Crippen LogP contribution in [-0.4, -0.2) is 11.1 Å². The van der Waals surface area contributed by atoms with Gasteiger partial charge >= 0.3 is 0 Å². The Bertz CT molecular complexity index is 492. The summed E-state index contributed by atoms with van der Waals surface area (Å²) in [5.41, 5.74) is 15.3. The fourth-order valence-corrected chi connectivity index (χ4v) is 5.57. The molecular weight excluding hydrogens is 316 g/mol. The van der Waals surface area contributed by atoms with Crippen LogP contribution in [0, 0.1) is 11.8 Å². The summed E-state index contributed by atoms with van der Waals surface area (Å²) in [6.07, 6.45) is 10.7. The van der Waals surface area contributed by atoms with Crippen molar-refractivity contribution in [2.75, 3.05) is 0 Å². The molecule has 0 aromatic heterocycles. The van der Waals surface area contributed by atoms with Crippen LogP contribution in [0.5, 0.6) is 0 Å². The summed E-state index contributed by atoms with van der Waals surface area (Å²) in [5.74, 6) is 1.48. The van der Waals surface area contributed by atoms with Crippen LogP contribution < -0.4 is 11.5 Å². The van der Waals surface area contributed by atoms with Gasteiger partial charge in [-0.1, -0.05) is 77.3 Å². The Morgan fingerprint density at radius 2 is 1.27 bits per heavy atom. The molecular formula is C24H42N2. The summed E-state index contributed by atoms with van der Waals surface area (Å²) in [6, 6.07) is 11.2. The number of hydrogen-bond acceptors (Lipinski definition) is 2. The molecule has 2 heteroatoms. The van der Waals surface area contributed by atoms with Crippen molar-refractivity contribution >= 4 is 0 Å². The Kier molecular flexibility index (Phi) is 7.73. The van der Waals surface area contributed by atoms with Gasteiger partial charge in [0.1, 0.15) is 0 Å². The van der Waals surface area contributed by atoms with Crippen LogP contribution in [0.15, 0.2) is 30.3 Å². The zero-order chi connectivity index (χ0) is 19.2. The third-order valence-corrected chi connectivity index (χ3v) is 7.57. The van der Waals surface area contributed by atoms with Gasteiger partial charge in [0.25, 0.3) is 0 Å². The summed E-state index contributed by atoms with van der Waals surface area (Å²) in [5, 5.41) is 0. The maximum Gasteiger partial charge on any atom is 0.0201 e. The summed E-state index contributed by atoms with van der Waals surface area (Å²) >= 11 is 0. The van der Waals surface area contributed by atoms with E-state index in [9.17, 15) is 0 Å². The first-order chi connectivity index (χ1) is 12.5. The second kappa shape index (κ2) is 9.37. The molecule has 0 aliphatic heterocycles. The van der Waals surface area contributed by atoms with E-state index >= 15 is 0 Å². The molecule has 148 valence electrons. The molecule has 0 spiro atoms. The first-order valence-electron chi connectivity index (χ1n) is 11.1. The maximum atomic E-state index is 7.14. The van der Waals surface area contributed by atoms with E-state index in [0.29, 0.717) is 17.8 Å². The topological polar surface area (TPSA) is 52.0 Å². The highest BCUT2D eigenvalue weighted by Gasteiger charge is 2.50. The molecule has 2 rings (SSSR count). The van der Waals surface area contributed by atoms with Crippen molar-refractivity contribution < 1.29 is 0 Å². The minimum absolute atomic E-state index is 0.210. The zero-order valence-electron chi connectivity index (χ0n) is 17.6. The van der Waals surface area contributed by atoms with Gasteiger partial charge < -0.3 is 11.5 Å². The second-order valence-corrected chi connectivity index (χ2v) is 8.69. The lowest BCUT2D eigenvalue weighted by Gasteiger charge is -2.53. The van der Waals surface area contributed by atoms with E-state index in [2.05, 4.69) is 58.0 Å². The van der Waals surface area contributed by atoms with Crippen molar-refractivity contribution in [1.29, 1.82) is 0 Å². The first kappa shape index (κ1) is 21.4. The minimum Gasteiger partial charge on any atom is -0.325 e. The molecule has 1 aromatic carbocycles. The van der Waals surface area contributed by atoms with Gasteiger partial charge in [-0.05, 0) is 55.9 Å². The van der Waals surface area contributed by atoms with Gasteiger partial charge in [-0.25, -0.2) is 0 Å². The molecule has 0 heterocycles. The SMILES string of the molecule is CCC(N)(CC)C(C(c1ccccc1)C1CCCCC1)C(N)(CC)CC. The van der Waals surface area contributed by atoms with Crippen LogP contribution >= 0.6 is 0 Å². The maximum absolute atomic E-state index is 7.14. The van der Waals surface area contributed by atoms with Gasteiger partial charge in [0.05, 0.1) is 0 Å². The van der Waals surface area contributed by atoms with E-state index < -0.39 is 0 Å². The number of benzene rings is 1. The van der Waals surface area contributed by atoms with Gasteiger partial charge in [0, 0.05) is 17.0 Å². The lowest BCUT2D eigenvalue weighted by atomic mass is 9.56. The molecule has 26 heavy (non-hydrogen) atoms. The summed E-state index contributed by atoms with van der Waals surface area (Å²) in [7, 11) is 0. The Labute approximate surface area is 162 Å². The van der Waals surface area contributed by atoms with Gasteiger partial charge in [-0.15, -0.1) is 0 Å². The highest BCUT2D eigenvalue weighted by atomic mass is 14.9. The predicted octanol–water partition coefficient (Wildman–Crippen LogP) is 6.00. The predicted molar refractivity (Wildman–Crippen MR) is 114 cm³/mol. The highest BCUT2D eigenvalue weighted by molar-refractivity contribution is 5.25. The standard InChI is InChI=1S/C24H42N2/c1-5-23(25,6-2)22(24(26,7-3)8-4)21(19-15-11-9-12-16-19)20-17-13-10-14-18-20/h9,11-12,15-16,20-22H,5-8,10,13-14,17-18,25-26H2,1-4H3. The number of nitrogens with two attached hydrogens (primary N) is 2. The summed E-state index contributed by atoms with van der Waals surface area (Å²) in [6.45, 7) is 9.02. The highest BCUT2D eigenvalue weighted by Crippen LogP contribution is 2.50. The van der Waals surface area contributed by atoms with Crippen molar-refractivity contribution in [2.45, 2.75) is 102 Å². The van der Waals surface area contributed by atoms with Gasteiger partial charge in [-0.3, -0.25) is 0 Å². The fraction of sp³-hybridized carbons (Fsp3) is 0.750. The Morgan fingerprint density at radius 3 is 1.69 bits per heavy atom. The molecule has 1 aliphatic carbocycles. The number of hydrogen-bond donors (Lipinski definition) is 2. The molecule has 0 amide bonds. The third kappa shape index (κ3) is 4.34. The van der Waals surface area contributed by atoms with Crippen LogP contribution in [0.3, 0.4) is 0 Å². The largest absolute Gasteiger partial charge is 0.325 e. The molecule has 1 aromatic rings. The van der Waals surface area contributed by atoms with Crippen molar-refractivity contribution in [3.8, 4) is 0 Å². The molecule has 1 saturated carbocycles. The molecule has 0 saturated heterocycles. The first-order valence-corrected chi connectivity index (χ1v) is 11.1. The van der Waals surface area contributed by atoms with E-state index in [1.54, 1.807) is 0 Å². The van der Waals surface area contributed by atoms with Crippen molar-refractivity contribution in [3.63, 3.8) is 0 Å². The van der Waals surface area contributed by atoms with Crippen molar-refractivity contribution in [3.05, 3.63) is 35.9 Å². The molecule has 0 radical (unpaired) electrons. The minimum atomic E-state index is -0.210. The van der Waals surface area contributed by atoms with Crippen LogP contribution in [0.4, 0.5) is 0 Å². The van der Waals surface area contributed by atoms with Gasteiger partial charge in [-0.2, -0.15) is 0 Å². The third-order valence-electron chi connectivity index (χ3n) is 7.57. The van der Waals surface area contributed by atoms with Gasteiger partial charge in [0.2, 0.25) is 0 Å². The average molecular weight is 359 g/mol. The Hall–Kier alpha value is -0.860. The molecule has 1 atom stereocenters. The average Bonchev–Trinajstić information content (AvgIpc) is 2.72. The molecule has 1 unspecified atom stereocenters. The van der Waals surface area contributed by atoms with E-state index in [0.717, 1.165) is 25.7 Å². The van der Waals surface area contributed by atoms with Crippen LogP contribution in [0.2, 0.25) is 0 Å². The lowest BCUT2D eigenvalue weighted by Crippen LogP contribution is -2.63. The van der Waals surface area contributed by atoms with Crippen molar-refractivity contribution in [1.82, 2.24) is 0 Å². The van der Waals surface area contributed by atoms with Crippen LogP contribution in [0.25, 0.3) is 0 Å². The monoisotopic (exact) mass is 358 g/mol. The summed E-state index contributed by atoms with van der Waals surface area (Å²) in [4.78, 5) is 0. The van der Waals surface area contributed by atoms with E-state index in [-0.39, 0.29) is 11.1 Å². The molecule has 0 bridgehead atoms. The summed E-state index contributed by atoms with van der Waals surface area (Å²) < 4.78 is 0. The van der Waals surface area contributed by atoms with Crippen LogP contribution in [-0.2, 0) is 0 Å². The van der Waals surface area contributed by atoms with E-state index in [4.69, 9.17) is 11.5 Å². The molecule has 1 fully saturated rings. The number of rotatable bonds is 9. The van der Waals surface area contributed by atoms with Crippen molar-refractivity contribution in [2.24, 2.45) is 23.3 Å². The van der Waals surface area contributed by atoms with Crippen LogP contribution in [0.1, 0.15) is 97.0 Å². The lowest BCUT2D eigenvalue weighted by molar-refractivity contribution is 0.0707. The van der Waals surface area contributed by atoms with E-state index in [1.807, 2.05) is 0 Å². The Morgan fingerprint density at radius 1 is 0.808 bits per heavy atom. The van der Waals surface area contributed by atoms with E-state index in [1.165, 1.54) is 37.7 Å². The second-order valence-electron chi connectivity index (χ2n) is 8.69. The Balaban J connectivity index is 2.60. The molecule has 1 aliphatic rings. The molecule has 2 nitrogen and oxygen atoms in total. The quantitative estimate of drug-likeness (QED) is 0.568. The molecule has 4 N–H and O–H groups in total. The smallest absolute Gasteiger partial charge is 0.0201 e. The fourth-order valence-electron chi connectivity index (χ4n) is 5.57. The normalized spacial score (nSPS) is 18.3.